The van der Waals surface area contributed by atoms with Crippen LogP contribution >= 0.6 is 0 Å². The summed E-state index contributed by atoms with van der Waals surface area (Å²) in [5, 5.41) is 13.5. The van der Waals surface area contributed by atoms with Crippen LogP contribution < -0.4 is 5.73 Å². The van der Waals surface area contributed by atoms with Crippen LogP contribution in [0.15, 0.2) is 24.3 Å². The lowest BCUT2D eigenvalue weighted by molar-refractivity contribution is 0.0590. The molecule has 23 heavy (non-hydrogen) atoms. The Hall–Kier alpha value is -3.16. The normalized spacial score (nSPS) is 11.6. The molecule has 3 aromatic heterocycles. The molecule has 0 aliphatic heterocycles. The van der Waals surface area contributed by atoms with E-state index in [1.54, 1.807) is 4.52 Å². The smallest absolute Gasteiger partial charge is 0.356 e. The van der Waals surface area contributed by atoms with Crippen LogP contribution in [-0.2, 0) is 11.3 Å². The van der Waals surface area contributed by atoms with Crippen molar-refractivity contribution in [3.8, 4) is 0 Å². The average Bonchev–Trinajstić information content (AvgIpc) is 3.17. The highest BCUT2D eigenvalue weighted by molar-refractivity contribution is 6.19. The molecular weight excluding hydrogens is 296 g/mol. The van der Waals surface area contributed by atoms with Crippen LogP contribution in [-0.4, -0.2) is 37.7 Å². The first-order valence-electron chi connectivity index (χ1n) is 7.17. The highest BCUT2D eigenvalue weighted by Gasteiger charge is 2.26. The van der Waals surface area contributed by atoms with Crippen molar-refractivity contribution in [3.05, 3.63) is 30.0 Å². The number of hydrogen-bond acceptors (Lipinski definition) is 6. The molecule has 4 rings (SSSR count). The van der Waals surface area contributed by atoms with Crippen molar-refractivity contribution in [2.45, 2.75) is 13.5 Å². The van der Waals surface area contributed by atoms with E-state index in [-0.39, 0.29) is 0 Å². The number of carbonyl (C=O) groups excluding carboxylic acids is 1. The Morgan fingerprint density at radius 2 is 2.13 bits per heavy atom. The number of esters is 1. The van der Waals surface area contributed by atoms with Gasteiger partial charge in [-0.25, -0.2) is 4.79 Å². The van der Waals surface area contributed by atoms with Crippen molar-refractivity contribution < 1.29 is 9.53 Å². The summed E-state index contributed by atoms with van der Waals surface area (Å²) in [7, 11) is 1.34. The molecule has 3 heterocycles. The predicted octanol–water partition coefficient (Wildman–Crippen LogP) is 1.62. The van der Waals surface area contributed by atoms with E-state index in [9.17, 15) is 4.79 Å². The van der Waals surface area contributed by atoms with Gasteiger partial charge in [-0.3, -0.25) is 0 Å². The number of nitrogen functional groups attached to an aromatic ring is 1. The van der Waals surface area contributed by atoms with E-state index in [1.165, 1.54) is 7.11 Å². The second kappa shape index (κ2) is 4.67. The van der Waals surface area contributed by atoms with E-state index >= 15 is 0 Å². The number of rotatable bonds is 2. The fourth-order valence-electron chi connectivity index (χ4n) is 3.14. The first-order valence-corrected chi connectivity index (χ1v) is 7.17. The topological polar surface area (TPSA) is 100 Å². The molecule has 8 heteroatoms. The van der Waals surface area contributed by atoms with Crippen LogP contribution in [0.2, 0.25) is 0 Å². The number of carbonyl (C=O) groups is 1. The summed E-state index contributed by atoms with van der Waals surface area (Å²) >= 11 is 0. The van der Waals surface area contributed by atoms with Gasteiger partial charge < -0.3 is 15.0 Å². The molecule has 0 unspecified atom stereocenters. The van der Waals surface area contributed by atoms with Crippen molar-refractivity contribution in [2.24, 2.45) is 0 Å². The molecule has 0 aliphatic rings. The summed E-state index contributed by atoms with van der Waals surface area (Å²) in [6, 6.07) is 7.74. The molecule has 0 amide bonds. The second-order valence-electron chi connectivity index (χ2n) is 5.15. The summed E-state index contributed by atoms with van der Waals surface area (Å²) in [5.41, 5.74) is 9.14. The molecular formula is C15H14N6O2. The maximum atomic E-state index is 12.2. The summed E-state index contributed by atoms with van der Waals surface area (Å²) in [4.78, 5) is 12.2. The molecule has 0 saturated heterocycles. The SMILES string of the molecule is CCn1c(C(=O)OC)c(N)c2c1c1ccccc1n1nnnc21. The highest BCUT2D eigenvalue weighted by Crippen LogP contribution is 2.36. The third-order valence-electron chi connectivity index (χ3n) is 4.08. The van der Waals surface area contributed by atoms with Crippen LogP contribution in [0.5, 0.6) is 0 Å². The Morgan fingerprint density at radius 3 is 2.87 bits per heavy atom. The zero-order chi connectivity index (χ0) is 16.1. The van der Waals surface area contributed by atoms with Crippen LogP contribution in [0.4, 0.5) is 5.69 Å². The Kier molecular flexibility index (Phi) is 2.74. The van der Waals surface area contributed by atoms with E-state index in [0.29, 0.717) is 29.0 Å². The number of pyridine rings is 1. The Labute approximate surface area is 130 Å². The van der Waals surface area contributed by atoms with Gasteiger partial charge in [0.1, 0.15) is 0 Å². The van der Waals surface area contributed by atoms with Crippen molar-refractivity contribution in [1.82, 2.24) is 24.6 Å². The lowest BCUT2D eigenvalue weighted by atomic mass is 10.1. The van der Waals surface area contributed by atoms with Crippen LogP contribution in [0.25, 0.3) is 27.5 Å². The molecule has 2 N–H and O–H groups in total. The Bertz CT molecular complexity index is 1080. The van der Waals surface area contributed by atoms with E-state index < -0.39 is 5.97 Å². The summed E-state index contributed by atoms with van der Waals surface area (Å²) in [5.74, 6) is -0.477. The first-order chi connectivity index (χ1) is 11.2. The van der Waals surface area contributed by atoms with Crippen LogP contribution in [0.1, 0.15) is 17.4 Å². The van der Waals surface area contributed by atoms with Gasteiger partial charge in [0.2, 0.25) is 0 Å². The maximum Gasteiger partial charge on any atom is 0.356 e. The molecule has 0 bridgehead atoms. The monoisotopic (exact) mass is 310 g/mol. The zero-order valence-corrected chi connectivity index (χ0v) is 12.6. The van der Waals surface area contributed by atoms with Gasteiger partial charge in [-0.05, 0) is 23.4 Å². The quantitative estimate of drug-likeness (QED) is 0.565. The molecule has 0 atom stereocenters. The standard InChI is InChI=1S/C15H14N6O2/c1-3-20-12-8-6-4-5-7-9(8)21-14(17-18-19-21)10(12)11(16)13(20)15(22)23-2/h4-7H,3,16H2,1-2H3. The van der Waals surface area contributed by atoms with Gasteiger partial charge >= 0.3 is 5.97 Å². The largest absolute Gasteiger partial charge is 0.464 e. The highest BCUT2D eigenvalue weighted by atomic mass is 16.5. The van der Waals surface area contributed by atoms with Crippen molar-refractivity contribution in [3.63, 3.8) is 0 Å². The van der Waals surface area contributed by atoms with Gasteiger partial charge in [-0.1, -0.05) is 18.2 Å². The average molecular weight is 310 g/mol. The fourth-order valence-corrected chi connectivity index (χ4v) is 3.14. The number of aryl methyl sites for hydroxylation is 1. The van der Waals surface area contributed by atoms with Crippen LogP contribution in [0.3, 0.4) is 0 Å². The number of nitrogens with zero attached hydrogens (tertiary/aromatic N) is 5. The number of ether oxygens (including phenoxy) is 1. The number of benzene rings is 1. The van der Waals surface area contributed by atoms with E-state index in [2.05, 4.69) is 15.5 Å². The summed E-state index contributed by atoms with van der Waals surface area (Å²) < 4.78 is 8.39. The summed E-state index contributed by atoms with van der Waals surface area (Å²) in [6.45, 7) is 2.52. The van der Waals surface area contributed by atoms with Crippen molar-refractivity contribution in [1.29, 1.82) is 0 Å². The Balaban J connectivity index is 2.36. The Morgan fingerprint density at radius 1 is 1.35 bits per heavy atom. The zero-order valence-electron chi connectivity index (χ0n) is 12.6. The number of hydrogen-bond donors (Lipinski definition) is 1. The molecule has 0 fully saturated rings. The van der Waals surface area contributed by atoms with Gasteiger partial charge in [-0.2, -0.15) is 4.52 Å². The number of aromatic nitrogens is 5. The van der Waals surface area contributed by atoms with Crippen LogP contribution in [0, 0.1) is 0 Å². The van der Waals surface area contributed by atoms with E-state index in [4.69, 9.17) is 10.5 Å². The maximum absolute atomic E-state index is 12.2. The molecule has 0 radical (unpaired) electrons. The second-order valence-corrected chi connectivity index (χ2v) is 5.15. The van der Waals surface area contributed by atoms with Gasteiger partial charge in [0, 0.05) is 11.9 Å². The first kappa shape index (κ1) is 13.5. The molecule has 0 aliphatic carbocycles. The van der Waals surface area contributed by atoms with Gasteiger partial charge in [-0.15, -0.1) is 5.10 Å². The summed E-state index contributed by atoms with van der Waals surface area (Å²) in [6.07, 6.45) is 0. The molecule has 1 aromatic carbocycles. The third-order valence-corrected chi connectivity index (χ3v) is 4.08. The minimum atomic E-state index is -0.477. The van der Waals surface area contributed by atoms with Gasteiger partial charge in [0.05, 0.1) is 29.2 Å². The van der Waals surface area contributed by atoms with Gasteiger partial charge in [0.15, 0.2) is 11.3 Å². The molecule has 0 spiro atoms. The minimum absolute atomic E-state index is 0.325. The molecule has 4 aromatic rings. The predicted molar refractivity (Wildman–Crippen MR) is 85.2 cm³/mol. The van der Waals surface area contributed by atoms with Gasteiger partial charge in [0.25, 0.3) is 0 Å². The van der Waals surface area contributed by atoms with E-state index in [0.717, 1.165) is 16.4 Å². The number of methoxy groups -OCH3 is 1. The molecule has 116 valence electrons. The lowest BCUT2D eigenvalue weighted by Gasteiger charge is -2.08. The fraction of sp³-hybridized carbons (Fsp3) is 0.200. The van der Waals surface area contributed by atoms with Crippen molar-refractivity contribution >= 4 is 39.1 Å². The number of tetrazole rings is 1. The molecule has 0 saturated carbocycles. The van der Waals surface area contributed by atoms with E-state index in [1.807, 2.05) is 35.8 Å². The number of anilines is 1. The lowest BCUT2D eigenvalue weighted by Crippen LogP contribution is -2.11. The minimum Gasteiger partial charge on any atom is -0.464 e. The number of nitrogens with two attached hydrogens (primary N) is 1. The number of fused-ring (bicyclic) bond motifs is 6. The third kappa shape index (κ3) is 1.60. The van der Waals surface area contributed by atoms with Crippen molar-refractivity contribution in [2.75, 3.05) is 12.8 Å². The molecule has 8 nitrogen and oxygen atoms in total. The number of para-hydroxylation sites is 1.